The molecule has 0 atom stereocenters. The Kier molecular flexibility index (Phi) is 14.1. The van der Waals surface area contributed by atoms with E-state index in [4.69, 9.17) is 15.0 Å². The SMILES string of the molecule is CCN(CC)c1ccc(-c2cc(-c3nc4ccccc4n3CCCS(=O)(=O)[O-])nc(-c3nc4ccccc4n3CCCS(=O)(=O)[O-])c2)cc1.[Na+].[Na+]. The van der Waals surface area contributed by atoms with Crippen LogP contribution in [0.3, 0.4) is 0 Å². The molecule has 0 saturated carbocycles. The van der Waals surface area contributed by atoms with Crippen LogP contribution >= 0.6 is 0 Å². The first kappa shape index (κ1) is 41.1. The fourth-order valence-electron chi connectivity index (χ4n) is 6.17. The van der Waals surface area contributed by atoms with Gasteiger partial charge in [-0.25, -0.2) is 31.8 Å². The summed E-state index contributed by atoms with van der Waals surface area (Å²) in [6.07, 6.45) is 0.188. The predicted octanol–water partition coefficient (Wildman–Crippen LogP) is -0.493. The monoisotopic (exact) mass is 746 g/mol. The summed E-state index contributed by atoms with van der Waals surface area (Å²) in [6.45, 7) is 6.39. The van der Waals surface area contributed by atoms with E-state index in [9.17, 15) is 25.9 Å². The molecule has 12 nitrogen and oxygen atoms in total. The molecule has 0 fully saturated rings. The minimum Gasteiger partial charge on any atom is -0.748 e. The van der Waals surface area contributed by atoms with Gasteiger partial charge in [-0.3, -0.25) is 0 Å². The molecule has 0 saturated heterocycles. The largest absolute Gasteiger partial charge is 1.00 e. The zero-order chi connectivity index (χ0) is 34.8. The number of benzene rings is 3. The number of hydrogen-bond donors (Lipinski definition) is 0. The van der Waals surface area contributed by atoms with Gasteiger partial charge in [0.2, 0.25) is 0 Å². The fourth-order valence-corrected chi connectivity index (χ4v) is 7.14. The van der Waals surface area contributed by atoms with Gasteiger partial charge >= 0.3 is 59.1 Å². The maximum Gasteiger partial charge on any atom is 1.00 e. The van der Waals surface area contributed by atoms with Crippen molar-refractivity contribution < 1.29 is 85.1 Å². The van der Waals surface area contributed by atoms with Crippen LogP contribution < -0.4 is 64.0 Å². The molecule has 6 aromatic rings. The van der Waals surface area contributed by atoms with E-state index in [1.54, 1.807) is 0 Å². The third kappa shape index (κ3) is 9.87. The van der Waals surface area contributed by atoms with Gasteiger partial charge in [-0.15, -0.1) is 0 Å². The summed E-state index contributed by atoms with van der Waals surface area (Å²) in [6, 6.07) is 27.0. The number of para-hydroxylation sites is 4. The van der Waals surface area contributed by atoms with Crippen LogP contribution in [0.4, 0.5) is 5.69 Å². The number of fused-ring (bicyclic) bond motifs is 2. The van der Waals surface area contributed by atoms with E-state index < -0.39 is 31.7 Å². The summed E-state index contributed by atoms with van der Waals surface area (Å²) in [5.41, 5.74) is 6.75. The van der Waals surface area contributed by atoms with E-state index in [1.165, 1.54) is 0 Å². The van der Waals surface area contributed by atoms with Gasteiger partial charge in [-0.2, -0.15) is 0 Å². The topological polar surface area (TPSA) is 166 Å². The number of imidazole rings is 2. The molecule has 0 bridgehead atoms. The first-order valence-electron chi connectivity index (χ1n) is 16.1. The van der Waals surface area contributed by atoms with Gasteiger partial charge in [0, 0.05) is 43.4 Å². The van der Waals surface area contributed by atoms with Crippen molar-refractivity contribution in [2.75, 3.05) is 29.5 Å². The van der Waals surface area contributed by atoms with Gasteiger partial charge in [0.05, 0.1) is 42.3 Å². The molecule has 0 aliphatic rings. The molecule has 0 aliphatic heterocycles. The van der Waals surface area contributed by atoms with Crippen molar-refractivity contribution in [2.24, 2.45) is 0 Å². The van der Waals surface area contributed by atoms with Crippen molar-refractivity contribution in [1.29, 1.82) is 0 Å². The van der Waals surface area contributed by atoms with Crippen LogP contribution in [-0.4, -0.2) is 74.6 Å². The van der Waals surface area contributed by atoms with Crippen molar-refractivity contribution in [3.05, 3.63) is 84.9 Å². The average Bonchev–Trinajstić information content (AvgIpc) is 3.63. The first-order valence-corrected chi connectivity index (χ1v) is 19.3. The van der Waals surface area contributed by atoms with Crippen LogP contribution in [0.2, 0.25) is 0 Å². The maximum absolute atomic E-state index is 11.5. The van der Waals surface area contributed by atoms with Crippen LogP contribution in [0.5, 0.6) is 0 Å². The quantitative estimate of drug-likeness (QED) is 0.105. The summed E-state index contributed by atoms with van der Waals surface area (Å²) in [4.78, 5) is 17.1. The van der Waals surface area contributed by atoms with E-state index in [0.717, 1.165) is 40.9 Å². The number of hydrogen-bond acceptors (Lipinski definition) is 10. The van der Waals surface area contributed by atoms with E-state index in [1.807, 2.05) is 81.9 Å². The maximum atomic E-state index is 11.5. The molecule has 3 heterocycles. The molecule has 0 spiro atoms. The molecule has 6 rings (SSSR count). The molecule has 16 heteroatoms. The standard InChI is InChI=1S/C35H38N6O6S2.2Na/c1-3-39(4-2)27-17-15-25(16-18-27)26-23-30(34-37-28-11-5-7-13-32(28)40(34)19-9-21-48(42,43)44)36-31(24-26)35-38-29-12-6-8-14-33(29)41(35)20-10-22-49(45,46)47;;/h5-8,11-18,23-24H,3-4,9-10,19-22H2,1-2H3,(H,42,43,44)(H,45,46,47);;/q;2*+1/p-2. The van der Waals surface area contributed by atoms with E-state index in [-0.39, 0.29) is 85.0 Å². The minimum absolute atomic E-state index is 0. The van der Waals surface area contributed by atoms with Crippen molar-refractivity contribution >= 4 is 48.0 Å². The zero-order valence-corrected chi connectivity index (χ0v) is 34.8. The molecule has 0 N–H and O–H groups in total. The molecule has 256 valence electrons. The summed E-state index contributed by atoms with van der Waals surface area (Å²) < 4.78 is 72.5. The minimum atomic E-state index is -4.41. The summed E-state index contributed by atoms with van der Waals surface area (Å²) in [5.74, 6) is -0.0424. The Bertz CT molecular complexity index is 2210. The van der Waals surface area contributed by atoms with Crippen LogP contribution in [0.25, 0.3) is 56.2 Å². The van der Waals surface area contributed by atoms with Crippen LogP contribution in [0.1, 0.15) is 26.7 Å². The Balaban J connectivity index is 0.00000292. The summed E-state index contributed by atoms with van der Waals surface area (Å²) >= 11 is 0. The predicted molar refractivity (Wildman–Crippen MR) is 189 cm³/mol. The molecule has 0 unspecified atom stereocenters. The van der Waals surface area contributed by atoms with Crippen LogP contribution in [0.15, 0.2) is 84.9 Å². The van der Waals surface area contributed by atoms with Gasteiger partial charge in [-0.05, 0) is 86.3 Å². The second-order valence-electron chi connectivity index (χ2n) is 11.7. The number of anilines is 1. The smallest absolute Gasteiger partial charge is 0.748 e. The van der Waals surface area contributed by atoms with E-state index >= 15 is 0 Å². The third-order valence-corrected chi connectivity index (χ3v) is 10.1. The second-order valence-corrected chi connectivity index (χ2v) is 14.8. The second kappa shape index (κ2) is 17.5. The van der Waals surface area contributed by atoms with Gasteiger partial charge < -0.3 is 23.1 Å². The molecule has 0 radical (unpaired) electrons. The van der Waals surface area contributed by atoms with Crippen LogP contribution in [-0.2, 0) is 33.3 Å². The molecule has 0 aliphatic carbocycles. The zero-order valence-electron chi connectivity index (χ0n) is 29.2. The molecular formula is C35H36N6Na2O6S2. The van der Waals surface area contributed by atoms with Crippen molar-refractivity contribution in [3.8, 4) is 34.2 Å². The van der Waals surface area contributed by atoms with Gasteiger partial charge in [-0.1, -0.05) is 36.4 Å². The average molecular weight is 747 g/mol. The van der Waals surface area contributed by atoms with Crippen molar-refractivity contribution in [1.82, 2.24) is 24.1 Å². The first-order chi connectivity index (χ1) is 23.4. The number of nitrogens with zero attached hydrogens (tertiary/aromatic N) is 6. The Morgan fingerprint density at radius 2 is 1.04 bits per heavy atom. The van der Waals surface area contributed by atoms with Crippen molar-refractivity contribution in [3.63, 3.8) is 0 Å². The summed E-state index contributed by atoms with van der Waals surface area (Å²) in [7, 11) is -8.83. The molecule has 0 amide bonds. The van der Waals surface area contributed by atoms with Gasteiger partial charge in [0.25, 0.3) is 0 Å². The Hall–Kier alpha value is -2.63. The molecule has 51 heavy (non-hydrogen) atoms. The number of pyridine rings is 1. The van der Waals surface area contributed by atoms with Crippen LogP contribution in [0, 0.1) is 0 Å². The fraction of sp³-hybridized carbons (Fsp3) is 0.286. The van der Waals surface area contributed by atoms with Crippen molar-refractivity contribution in [2.45, 2.75) is 39.8 Å². The number of aromatic nitrogens is 5. The molecule has 3 aromatic heterocycles. The van der Waals surface area contributed by atoms with E-state index in [2.05, 4.69) is 30.9 Å². The van der Waals surface area contributed by atoms with E-state index in [0.29, 0.717) is 34.1 Å². The number of rotatable bonds is 14. The molecule has 3 aromatic carbocycles. The number of aryl methyl sites for hydroxylation is 2. The summed E-state index contributed by atoms with van der Waals surface area (Å²) in [5, 5.41) is 0. The Morgan fingerprint density at radius 1 is 0.608 bits per heavy atom. The van der Waals surface area contributed by atoms with Gasteiger partial charge in [0.15, 0.2) is 11.6 Å². The van der Waals surface area contributed by atoms with Gasteiger partial charge in [0.1, 0.15) is 11.4 Å². The Morgan fingerprint density at radius 3 is 1.45 bits per heavy atom. The Labute approximate surface area is 342 Å². The normalized spacial score (nSPS) is 11.8. The third-order valence-electron chi connectivity index (χ3n) is 8.47. The molecular weight excluding hydrogens is 711 g/mol.